The smallest absolute Gasteiger partial charge is 0.239 e. The highest BCUT2D eigenvalue weighted by molar-refractivity contribution is 5.80. The summed E-state index contributed by atoms with van der Waals surface area (Å²) in [6.07, 6.45) is 3.18. The molecule has 0 saturated carbocycles. The zero-order chi connectivity index (χ0) is 12.1. The van der Waals surface area contributed by atoms with Crippen LogP contribution in [0.15, 0.2) is 0 Å². The molecule has 94 valence electrons. The van der Waals surface area contributed by atoms with Crippen molar-refractivity contribution >= 4 is 5.91 Å². The monoisotopic (exact) mass is 228 g/mol. The molecule has 0 spiro atoms. The second-order valence-electron chi connectivity index (χ2n) is 4.92. The number of likely N-dealkylation sites (N-methyl/N-ethyl adjacent to an activating group) is 1. The van der Waals surface area contributed by atoms with Gasteiger partial charge in [0.25, 0.3) is 0 Å². The van der Waals surface area contributed by atoms with Crippen molar-refractivity contribution in [2.45, 2.75) is 32.2 Å². The molecule has 2 unspecified atom stereocenters. The van der Waals surface area contributed by atoms with Crippen molar-refractivity contribution in [3.8, 4) is 0 Å². The lowest BCUT2D eigenvalue weighted by molar-refractivity contribution is -0.134. The molecule has 0 aliphatic carbocycles. The van der Waals surface area contributed by atoms with Gasteiger partial charge in [0.05, 0.1) is 6.04 Å². The van der Waals surface area contributed by atoms with E-state index in [1.807, 2.05) is 6.92 Å². The minimum atomic E-state index is -0.0310. The molecule has 1 heterocycles. The molecule has 16 heavy (non-hydrogen) atoms. The van der Waals surface area contributed by atoms with Crippen LogP contribution in [0.3, 0.4) is 0 Å². The normalized spacial score (nSPS) is 24.1. The van der Waals surface area contributed by atoms with Crippen LogP contribution in [0.5, 0.6) is 0 Å². The van der Waals surface area contributed by atoms with Crippen LogP contribution in [0, 0.1) is 5.92 Å². The highest BCUT2D eigenvalue weighted by Gasteiger charge is 2.27. The number of amides is 1. The molecular weight excluding hydrogens is 204 g/mol. The lowest BCUT2D eigenvalue weighted by Crippen LogP contribution is -2.48. The predicted molar refractivity (Wildman–Crippen MR) is 64.2 cm³/mol. The Hall–Kier alpha value is -0.610. The first-order valence-corrected chi connectivity index (χ1v) is 6.12. The molecule has 1 rings (SSSR count). The number of aliphatic hydroxyl groups is 1. The molecule has 0 aromatic heterocycles. The largest absolute Gasteiger partial charge is 0.396 e. The SMILES string of the molecule is CC(C(=O)N(C)C)N1CCCC(CCO)C1. The summed E-state index contributed by atoms with van der Waals surface area (Å²) in [5.41, 5.74) is 0. The van der Waals surface area contributed by atoms with Crippen LogP contribution in [0.1, 0.15) is 26.2 Å². The number of nitrogens with zero attached hydrogens (tertiary/aromatic N) is 2. The standard InChI is InChI=1S/C12H24N2O2/c1-10(12(16)13(2)3)14-7-4-5-11(9-14)6-8-15/h10-11,15H,4-9H2,1-3H3. The quantitative estimate of drug-likeness (QED) is 0.764. The molecule has 0 aromatic carbocycles. The molecule has 1 saturated heterocycles. The molecule has 0 bridgehead atoms. The molecule has 4 nitrogen and oxygen atoms in total. The highest BCUT2D eigenvalue weighted by atomic mass is 16.3. The van der Waals surface area contributed by atoms with E-state index in [1.165, 1.54) is 6.42 Å². The van der Waals surface area contributed by atoms with Gasteiger partial charge in [-0.25, -0.2) is 0 Å². The van der Waals surface area contributed by atoms with E-state index in [0.717, 1.165) is 25.9 Å². The summed E-state index contributed by atoms with van der Waals surface area (Å²) in [6.45, 7) is 4.18. The van der Waals surface area contributed by atoms with E-state index in [2.05, 4.69) is 4.90 Å². The molecule has 1 aliphatic rings. The topological polar surface area (TPSA) is 43.8 Å². The van der Waals surface area contributed by atoms with E-state index in [9.17, 15) is 4.79 Å². The van der Waals surface area contributed by atoms with Crippen molar-refractivity contribution in [2.75, 3.05) is 33.8 Å². The Morgan fingerprint density at radius 3 is 2.81 bits per heavy atom. The van der Waals surface area contributed by atoms with Crippen LogP contribution in [0.4, 0.5) is 0 Å². The zero-order valence-electron chi connectivity index (χ0n) is 10.6. The second kappa shape index (κ2) is 6.21. The fourth-order valence-corrected chi connectivity index (χ4v) is 2.40. The lowest BCUT2D eigenvalue weighted by atomic mass is 9.94. The van der Waals surface area contributed by atoms with Crippen molar-refractivity contribution in [1.82, 2.24) is 9.80 Å². The Morgan fingerprint density at radius 1 is 1.56 bits per heavy atom. The maximum absolute atomic E-state index is 11.8. The van der Waals surface area contributed by atoms with Crippen molar-refractivity contribution in [3.05, 3.63) is 0 Å². The summed E-state index contributed by atoms with van der Waals surface area (Å²) >= 11 is 0. The average Bonchev–Trinajstić information content (AvgIpc) is 2.28. The van der Waals surface area contributed by atoms with E-state index >= 15 is 0 Å². The molecule has 1 aliphatic heterocycles. The summed E-state index contributed by atoms with van der Waals surface area (Å²) in [4.78, 5) is 15.7. The van der Waals surface area contributed by atoms with Gasteiger partial charge in [-0.2, -0.15) is 0 Å². The number of hydrogen-bond acceptors (Lipinski definition) is 3. The van der Waals surface area contributed by atoms with Crippen LogP contribution in [0.25, 0.3) is 0 Å². The van der Waals surface area contributed by atoms with Crippen LogP contribution in [0.2, 0.25) is 0 Å². The molecule has 1 amide bonds. The van der Waals surface area contributed by atoms with Crippen LogP contribution in [-0.2, 0) is 4.79 Å². The van der Waals surface area contributed by atoms with Gasteiger partial charge in [-0.1, -0.05) is 0 Å². The fraction of sp³-hybridized carbons (Fsp3) is 0.917. The lowest BCUT2D eigenvalue weighted by Gasteiger charge is -2.36. The second-order valence-corrected chi connectivity index (χ2v) is 4.92. The summed E-state index contributed by atoms with van der Waals surface area (Å²) in [5.74, 6) is 0.723. The Morgan fingerprint density at radius 2 is 2.25 bits per heavy atom. The Bertz CT molecular complexity index is 229. The Labute approximate surface area is 98.2 Å². The van der Waals surface area contributed by atoms with Gasteiger partial charge in [0, 0.05) is 27.2 Å². The van der Waals surface area contributed by atoms with E-state index < -0.39 is 0 Å². The van der Waals surface area contributed by atoms with Gasteiger partial charge in [0.15, 0.2) is 0 Å². The fourth-order valence-electron chi connectivity index (χ4n) is 2.40. The van der Waals surface area contributed by atoms with Crippen molar-refractivity contribution in [1.29, 1.82) is 0 Å². The molecular formula is C12H24N2O2. The third-order valence-corrected chi connectivity index (χ3v) is 3.43. The predicted octanol–water partition coefficient (Wildman–Crippen LogP) is 0.557. The molecule has 4 heteroatoms. The molecule has 0 aromatic rings. The van der Waals surface area contributed by atoms with Gasteiger partial charge < -0.3 is 10.0 Å². The number of rotatable bonds is 4. The third-order valence-electron chi connectivity index (χ3n) is 3.43. The van der Waals surface area contributed by atoms with Gasteiger partial charge in [-0.15, -0.1) is 0 Å². The first-order valence-electron chi connectivity index (χ1n) is 6.12. The number of carbonyl (C=O) groups excluding carboxylic acids is 1. The highest BCUT2D eigenvalue weighted by Crippen LogP contribution is 2.21. The van der Waals surface area contributed by atoms with Crippen LogP contribution < -0.4 is 0 Å². The van der Waals surface area contributed by atoms with E-state index in [1.54, 1.807) is 19.0 Å². The zero-order valence-corrected chi connectivity index (χ0v) is 10.6. The minimum absolute atomic E-state index is 0.0310. The van der Waals surface area contributed by atoms with E-state index in [-0.39, 0.29) is 18.6 Å². The van der Waals surface area contributed by atoms with E-state index in [4.69, 9.17) is 5.11 Å². The number of likely N-dealkylation sites (tertiary alicyclic amines) is 1. The van der Waals surface area contributed by atoms with Gasteiger partial charge in [-0.05, 0) is 38.6 Å². The maximum Gasteiger partial charge on any atom is 0.239 e. The molecule has 1 fully saturated rings. The summed E-state index contributed by atoms with van der Waals surface area (Å²) < 4.78 is 0. The Kier molecular flexibility index (Phi) is 5.22. The number of piperidine rings is 1. The summed E-state index contributed by atoms with van der Waals surface area (Å²) in [5, 5.41) is 8.95. The minimum Gasteiger partial charge on any atom is -0.396 e. The number of aliphatic hydroxyl groups excluding tert-OH is 1. The van der Waals surface area contributed by atoms with Gasteiger partial charge in [0.1, 0.15) is 0 Å². The average molecular weight is 228 g/mol. The van der Waals surface area contributed by atoms with Gasteiger partial charge in [0.2, 0.25) is 5.91 Å². The van der Waals surface area contributed by atoms with Gasteiger partial charge >= 0.3 is 0 Å². The summed E-state index contributed by atoms with van der Waals surface area (Å²) in [7, 11) is 3.60. The first-order chi connectivity index (χ1) is 7.56. The van der Waals surface area contributed by atoms with Crippen LogP contribution in [-0.4, -0.2) is 60.6 Å². The third kappa shape index (κ3) is 3.46. The summed E-state index contributed by atoms with van der Waals surface area (Å²) in [6, 6.07) is -0.0310. The van der Waals surface area contributed by atoms with Crippen LogP contribution >= 0.6 is 0 Å². The first kappa shape index (κ1) is 13.5. The van der Waals surface area contributed by atoms with Crippen molar-refractivity contribution in [3.63, 3.8) is 0 Å². The van der Waals surface area contributed by atoms with Crippen molar-refractivity contribution < 1.29 is 9.90 Å². The molecule has 1 N–H and O–H groups in total. The van der Waals surface area contributed by atoms with E-state index in [0.29, 0.717) is 5.92 Å². The van der Waals surface area contributed by atoms with Crippen molar-refractivity contribution in [2.24, 2.45) is 5.92 Å². The Balaban J connectivity index is 2.49. The number of carbonyl (C=O) groups is 1. The number of hydrogen-bond donors (Lipinski definition) is 1. The maximum atomic E-state index is 11.8. The molecule has 0 radical (unpaired) electrons. The van der Waals surface area contributed by atoms with Gasteiger partial charge in [-0.3, -0.25) is 9.69 Å². The molecule has 2 atom stereocenters.